The summed E-state index contributed by atoms with van der Waals surface area (Å²) in [5, 5.41) is 15.8. The SMILES string of the molecule is CC(C)C[C@H](NC(=O)NCc1cccs1)C(=O)NO. The van der Waals surface area contributed by atoms with E-state index in [2.05, 4.69) is 10.6 Å². The summed E-state index contributed by atoms with van der Waals surface area (Å²) in [5.74, 6) is -0.389. The first-order chi connectivity index (χ1) is 9.02. The van der Waals surface area contributed by atoms with E-state index in [1.807, 2.05) is 31.4 Å². The molecule has 0 aliphatic rings. The molecule has 0 saturated carbocycles. The number of carbonyl (C=O) groups is 2. The molecule has 4 N–H and O–H groups in total. The number of nitrogens with one attached hydrogen (secondary N) is 3. The molecule has 0 fully saturated rings. The van der Waals surface area contributed by atoms with E-state index in [4.69, 9.17) is 5.21 Å². The molecule has 1 atom stereocenters. The molecule has 0 aliphatic heterocycles. The molecular formula is C12H19N3O3S. The van der Waals surface area contributed by atoms with Crippen LogP contribution in [0, 0.1) is 5.92 Å². The van der Waals surface area contributed by atoms with E-state index in [1.165, 1.54) is 0 Å². The van der Waals surface area contributed by atoms with Crippen LogP contribution in [0.3, 0.4) is 0 Å². The molecule has 0 unspecified atom stereocenters. The van der Waals surface area contributed by atoms with Crippen LogP contribution >= 0.6 is 11.3 Å². The summed E-state index contributed by atoms with van der Waals surface area (Å²) in [5.41, 5.74) is 1.57. The number of hydroxylamine groups is 1. The highest BCUT2D eigenvalue weighted by molar-refractivity contribution is 7.09. The highest BCUT2D eigenvalue weighted by Crippen LogP contribution is 2.08. The van der Waals surface area contributed by atoms with Gasteiger partial charge in [0.1, 0.15) is 6.04 Å². The van der Waals surface area contributed by atoms with Gasteiger partial charge in [-0.3, -0.25) is 10.0 Å². The number of amides is 3. The van der Waals surface area contributed by atoms with Gasteiger partial charge in [-0.1, -0.05) is 19.9 Å². The predicted octanol–water partition coefficient (Wildman–Crippen LogP) is 1.47. The molecule has 0 bridgehead atoms. The van der Waals surface area contributed by atoms with Crippen LogP contribution in [0.15, 0.2) is 17.5 Å². The first-order valence-electron chi connectivity index (χ1n) is 6.03. The maximum absolute atomic E-state index is 11.7. The third-order valence-electron chi connectivity index (χ3n) is 2.44. The Kier molecular flexibility index (Phi) is 6.31. The fraction of sp³-hybridized carbons (Fsp3) is 0.500. The zero-order valence-electron chi connectivity index (χ0n) is 11.0. The minimum Gasteiger partial charge on any atom is -0.333 e. The zero-order chi connectivity index (χ0) is 14.3. The number of hydrogen-bond acceptors (Lipinski definition) is 4. The Bertz CT molecular complexity index is 406. The van der Waals surface area contributed by atoms with Crippen LogP contribution in [0.1, 0.15) is 25.1 Å². The van der Waals surface area contributed by atoms with E-state index in [1.54, 1.807) is 16.8 Å². The third-order valence-corrected chi connectivity index (χ3v) is 3.32. The summed E-state index contributed by atoms with van der Waals surface area (Å²) < 4.78 is 0. The Morgan fingerprint density at radius 2 is 2.16 bits per heavy atom. The summed E-state index contributed by atoms with van der Waals surface area (Å²) in [4.78, 5) is 24.1. The minimum atomic E-state index is -0.742. The lowest BCUT2D eigenvalue weighted by molar-refractivity contribution is -0.131. The molecule has 1 aromatic rings. The van der Waals surface area contributed by atoms with Crippen molar-refractivity contribution in [3.8, 4) is 0 Å². The smallest absolute Gasteiger partial charge is 0.315 e. The molecular weight excluding hydrogens is 266 g/mol. The van der Waals surface area contributed by atoms with Gasteiger partial charge in [0, 0.05) is 4.88 Å². The minimum absolute atomic E-state index is 0.222. The van der Waals surface area contributed by atoms with E-state index in [-0.39, 0.29) is 5.92 Å². The molecule has 0 saturated heterocycles. The molecule has 0 aromatic carbocycles. The molecule has 0 aliphatic carbocycles. The van der Waals surface area contributed by atoms with Crippen molar-refractivity contribution in [3.63, 3.8) is 0 Å². The van der Waals surface area contributed by atoms with Gasteiger partial charge in [-0.25, -0.2) is 10.3 Å². The number of hydrogen-bond donors (Lipinski definition) is 4. The lowest BCUT2D eigenvalue weighted by Crippen LogP contribution is -2.49. The van der Waals surface area contributed by atoms with Gasteiger partial charge in [0.2, 0.25) is 0 Å². The van der Waals surface area contributed by atoms with Gasteiger partial charge in [-0.05, 0) is 23.8 Å². The van der Waals surface area contributed by atoms with E-state index in [0.29, 0.717) is 13.0 Å². The fourth-order valence-electron chi connectivity index (χ4n) is 1.57. The molecule has 3 amide bonds. The van der Waals surface area contributed by atoms with Gasteiger partial charge in [0.25, 0.3) is 5.91 Å². The van der Waals surface area contributed by atoms with Gasteiger partial charge in [0.05, 0.1) is 6.54 Å². The number of carbonyl (C=O) groups excluding carboxylic acids is 2. The van der Waals surface area contributed by atoms with Gasteiger partial charge in [-0.15, -0.1) is 11.3 Å². The molecule has 0 spiro atoms. The quantitative estimate of drug-likeness (QED) is 0.471. The Labute approximate surface area is 116 Å². The van der Waals surface area contributed by atoms with Crippen LogP contribution in [-0.4, -0.2) is 23.2 Å². The van der Waals surface area contributed by atoms with Crippen molar-refractivity contribution in [1.82, 2.24) is 16.1 Å². The summed E-state index contributed by atoms with van der Waals surface area (Å²) in [6.07, 6.45) is 0.457. The molecule has 7 heteroatoms. The standard InChI is InChI=1S/C12H19N3O3S/c1-8(2)6-10(11(16)15-18)14-12(17)13-7-9-4-3-5-19-9/h3-5,8,10,18H,6-7H2,1-2H3,(H,15,16)(H2,13,14,17)/t10-/m0/s1. The predicted molar refractivity (Wildman–Crippen MR) is 72.9 cm³/mol. The summed E-state index contributed by atoms with van der Waals surface area (Å²) >= 11 is 1.54. The van der Waals surface area contributed by atoms with Crippen LogP contribution in [0.4, 0.5) is 4.79 Å². The molecule has 1 rings (SSSR count). The van der Waals surface area contributed by atoms with E-state index in [9.17, 15) is 9.59 Å². The van der Waals surface area contributed by atoms with Gasteiger partial charge < -0.3 is 10.6 Å². The molecule has 1 aromatic heterocycles. The van der Waals surface area contributed by atoms with Gasteiger partial charge in [-0.2, -0.15) is 0 Å². The largest absolute Gasteiger partial charge is 0.333 e. The summed E-state index contributed by atoms with van der Waals surface area (Å²) in [7, 11) is 0. The van der Waals surface area contributed by atoms with Crippen LogP contribution in [0.25, 0.3) is 0 Å². The lowest BCUT2D eigenvalue weighted by Gasteiger charge is -2.18. The Morgan fingerprint density at radius 3 is 2.68 bits per heavy atom. The number of rotatable bonds is 6. The molecule has 1 heterocycles. The molecule has 19 heavy (non-hydrogen) atoms. The second kappa shape index (κ2) is 7.75. The highest BCUT2D eigenvalue weighted by Gasteiger charge is 2.21. The Hall–Kier alpha value is -1.60. The van der Waals surface area contributed by atoms with Crippen LogP contribution in [-0.2, 0) is 11.3 Å². The monoisotopic (exact) mass is 285 g/mol. The number of thiophene rings is 1. The average molecular weight is 285 g/mol. The van der Waals surface area contributed by atoms with Crippen molar-refractivity contribution in [1.29, 1.82) is 0 Å². The van der Waals surface area contributed by atoms with Gasteiger partial charge in [0.15, 0.2) is 0 Å². The summed E-state index contributed by atoms with van der Waals surface area (Å²) in [6, 6.07) is 2.65. The van der Waals surface area contributed by atoms with Crippen LogP contribution in [0.2, 0.25) is 0 Å². The van der Waals surface area contributed by atoms with Crippen molar-refractivity contribution in [2.45, 2.75) is 32.9 Å². The van der Waals surface area contributed by atoms with Crippen molar-refractivity contribution >= 4 is 23.3 Å². The van der Waals surface area contributed by atoms with E-state index in [0.717, 1.165) is 4.88 Å². The molecule has 106 valence electrons. The topological polar surface area (TPSA) is 90.5 Å². The highest BCUT2D eigenvalue weighted by atomic mass is 32.1. The molecule has 6 nitrogen and oxygen atoms in total. The number of urea groups is 1. The van der Waals surface area contributed by atoms with Crippen LogP contribution in [0.5, 0.6) is 0 Å². The Morgan fingerprint density at radius 1 is 1.42 bits per heavy atom. The van der Waals surface area contributed by atoms with E-state index < -0.39 is 18.0 Å². The Balaban J connectivity index is 2.44. The second-order valence-electron chi connectivity index (χ2n) is 4.56. The van der Waals surface area contributed by atoms with Gasteiger partial charge >= 0.3 is 6.03 Å². The normalized spacial score (nSPS) is 12.0. The van der Waals surface area contributed by atoms with Crippen molar-refractivity contribution in [2.75, 3.05) is 0 Å². The van der Waals surface area contributed by atoms with Crippen molar-refractivity contribution in [2.24, 2.45) is 5.92 Å². The maximum atomic E-state index is 11.7. The zero-order valence-corrected chi connectivity index (χ0v) is 11.8. The van der Waals surface area contributed by atoms with Crippen LogP contribution < -0.4 is 16.1 Å². The molecule has 0 radical (unpaired) electrons. The van der Waals surface area contributed by atoms with Crippen molar-refractivity contribution in [3.05, 3.63) is 22.4 Å². The second-order valence-corrected chi connectivity index (χ2v) is 5.60. The lowest BCUT2D eigenvalue weighted by atomic mass is 10.0. The maximum Gasteiger partial charge on any atom is 0.315 e. The fourth-order valence-corrected chi connectivity index (χ4v) is 2.22. The third kappa shape index (κ3) is 5.71. The first-order valence-corrected chi connectivity index (χ1v) is 6.91. The average Bonchev–Trinajstić information content (AvgIpc) is 2.87. The van der Waals surface area contributed by atoms with E-state index >= 15 is 0 Å². The summed E-state index contributed by atoms with van der Waals surface area (Å²) in [6.45, 7) is 4.28. The first kappa shape index (κ1) is 15.5. The van der Waals surface area contributed by atoms with Crippen molar-refractivity contribution < 1.29 is 14.8 Å².